The summed E-state index contributed by atoms with van der Waals surface area (Å²) >= 11 is 0. The lowest BCUT2D eigenvalue weighted by Crippen LogP contribution is -2.39. The second-order valence-electron chi connectivity index (χ2n) is 6.75. The molecule has 0 saturated carbocycles. The van der Waals surface area contributed by atoms with Gasteiger partial charge in [-0.25, -0.2) is 4.98 Å². The molecule has 1 saturated heterocycles. The molecule has 1 N–H and O–H groups in total. The normalized spacial score (nSPS) is 15.0. The number of pyridine rings is 2. The van der Waals surface area contributed by atoms with E-state index in [1.807, 2.05) is 25.1 Å². The summed E-state index contributed by atoms with van der Waals surface area (Å²) in [5.74, 6) is 0.952. The van der Waals surface area contributed by atoms with E-state index >= 15 is 0 Å². The van der Waals surface area contributed by atoms with Crippen molar-refractivity contribution in [2.75, 3.05) is 23.3 Å². The van der Waals surface area contributed by atoms with Gasteiger partial charge < -0.3 is 10.2 Å². The van der Waals surface area contributed by atoms with E-state index in [2.05, 4.69) is 50.5 Å². The number of aromatic nitrogens is 2. The highest BCUT2D eigenvalue weighted by Crippen LogP contribution is 2.26. The monoisotopic (exact) mass is 343 g/mol. The van der Waals surface area contributed by atoms with Crippen LogP contribution in [0.25, 0.3) is 10.9 Å². The number of rotatable bonds is 3. The van der Waals surface area contributed by atoms with Crippen molar-refractivity contribution in [1.82, 2.24) is 9.97 Å². The SMILES string of the molecule is Cc1cc(NC2CCN(c3ccc(C#N)cn3)CC2)c2ccccc2n1. The first kappa shape index (κ1) is 16.3. The molecule has 0 radical (unpaired) electrons. The highest BCUT2D eigenvalue weighted by molar-refractivity contribution is 5.91. The molecule has 0 bridgehead atoms. The molecule has 26 heavy (non-hydrogen) atoms. The fraction of sp³-hybridized carbons (Fsp3) is 0.286. The lowest BCUT2D eigenvalue weighted by molar-refractivity contribution is 0.524. The van der Waals surface area contributed by atoms with Gasteiger partial charge in [-0.3, -0.25) is 4.98 Å². The molecule has 0 atom stereocenters. The number of hydrogen-bond acceptors (Lipinski definition) is 5. The van der Waals surface area contributed by atoms with E-state index in [0.29, 0.717) is 11.6 Å². The number of nitriles is 1. The van der Waals surface area contributed by atoms with Gasteiger partial charge in [-0.2, -0.15) is 5.26 Å². The molecule has 0 unspecified atom stereocenters. The van der Waals surface area contributed by atoms with Gasteiger partial charge in [-0.15, -0.1) is 0 Å². The van der Waals surface area contributed by atoms with Crippen molar-refractivity contribution in [1.29, 1.82) is 5.26 Å². The van der Waals surface area contributed by atoms with Crippen molar-refractivity contribution in [3.8, 4) is 6.07 Å². The lowest BCUT2D eigenvalue weighted by atomic mass is 10.0. The van der Waals surface area contributed by atoms with E-state index in [1.165, 1.54) is 11.1 Å². The maximum atomic E-state index is 8.89. The van der Waals surface area contributed by atoms with Crippen molar-refractivity contribution < 1.29 is 0 Å². The molecule has 1 aromatic carbocycles. The molecule has 1 aliphatic rings. The van der Waals surface area contributed by atoms with E-state index in [0.717, 1.165) is 43.0 Å². The largest absolute Gasteiger partial charge is 0.382 e. The van der Waals surface area contributed by atoms with Gasteiger partial charge in [-0.1, -0.05) is 18.2 Å². The minimum atomic E-state index is 0.440. The average molecular weight is 343 g/mol. The van der Waals surface area contributed by atoms with Crippen molar-refractivity contribution in [3.63, 3.8) is 0 Å². The van der Waals surface area contributed by atoms with Gasteiger partial charge in [0.05, 0.1) is 11.1 Å². The summed E-state index contributed by atoms with van der Waals surface area (Å²) < 4.78 is 0. The Morgan fingerprint density at radius 2 is 1.96 bits per heavy atom. The molecule has 0 spiro atoms. The van der Waals surface area contributed by atoms with Crippen molar-refractivity contribution in [3.05, 3.63) is 59.9 Å². The number of para-hydroxylation sites is 1. The fourth-order valence-corrected chi connectivity index (χ4v) is 3.54. The highest BCUT2D eigenvalue weighted by Gasteiger charge is 2.20. The first-order chi connectivity index (χ1) is 12.7. The van der Waals surface area contributed by atoms with Crippen LogP contribution in [0.4, 0.5) is 11.5 Å². The van der Waals surface area contributed by atoms with E-state index in [1.54, 1.807) is 6.20 Å². The van der Waals surface area contributed by atoms with E-state index in [4.69, 9.17) is 5.26 Å². The molecule has 1 aliphatic heterocycles. The van der Waals surface area contributed by atoms with Crippen LogP contribution in [0.15, 0.2) is 48.7 Å². The molecular formula is C21H21N5. The second-order valence-corrected chi connectivity index (χ2v) is 6.75. The highest BCUT2D eigenvalue weighted by atomic mass is 15.2. The van der Waals surface area contributed by atoms with Crippen molar-refractivity contribution in [2.45, 2.75) is 25.8 Å². The van der Waals surface area contributed by atoms with Crippen LogP contribution in [0.2, 0.25) is 0 Å². The number of fused-ring (bicyclic) bond motifs is 1. The maximum Gasteiger partial charge on any atom is 0.128 e. The second kappa shape index (κ2) is 7.01. The molecule has 4 rings (SSSR count). The van der Waals surface area contributed by atoms with Crippen LogP contribution < -0.4 is 10.2 Å². The van der Waals surface area contributed by atoms with Crippen LogP contribution in [0, 0.1) is 18.3 Å². The number of anilines is 2. The Labute approximate surface area is 153 Å². The molecule has 130 valence electrons. The van der Waals surface area contributed by atoms with Gasteiger partial charge in [0.25, 0.3) is 0 Å². The standard InChI is InChI=1S/C21H21N5/c1-15-12-20(18-4-2-3-5-19(18)24-15)25-17-8-10-26(11-9-17)21-7-6-16(13-22)14-23-21/h2-7,12,14,17H,8-11H2,1H3,(H,24,25). The van der Waals surface area contributed by atoms with E-state index in [-0.39, 0.29) is 0 Å². The molecule has 0 aliphatic carbocycles. The zero-order valence-corrected chi connectivity index (χ0v) is 14.8. The Balaban J connectivity index is 1.45. The molecule has 5 heteroatoms. The molecular weight excluding hydrogens is 322 g/mol. The van der Waals surface area contributed by atoms with Crippen molar-refractivity contribution >= 4 is 22.4 Å². The zero-order valence-electron chi connectivity index (χ0n) is 14.8. The van der Waals surface area contributed by atoms with Gasteiger partial charge in [0.15, 0.2) is 0 Å². The number of hydrogen-bond donors (Lipinski definition) is 1. The van der Waals surface area contributed by atoms with Gasteiger partial charge >= 0.3 is 0 Å². The first-order valence-corrected chi connectivity index (χ1v) is 8.97. The number of piperidine rings is 1. The van der Waals surface area contributed by atoms with Gasteiger partial charge in [-0.05, 0) is 44.0 Å². The number of aryl methyl sites for hydroxylation is 1. The van der Waals surface area contributed by atoms with Crippen molar-refractivity contribution in [2.24, 2.45) is 0 Å². The predicted octanol–water partition coefficient (Wildman–Crippen LogP) is 3.89. The first-order valence-electron chi connectivity index (χ1n) is 8.97. The summed E-state index contributed by atoms with van der Waals surface area (Å²) in [5, 5.41) is 13.8. The Morgan fingerprint density at radius 3 is 2.69 bits per heavy atom. The van der Waals surface area contributed by atoms with Crippen LogP contribution in [0.5, 0.6) is 0 Å². The smallest absolute Gasteiger partial charge is 0.128 e. The van der Waals surface area contributed by atoms with E-state index < -0.39 is 0 Å². The molecule has 1 fully saturated rings. The van der Waals surface area contributed by atoms with Crippen LogP contribution >= 0.6 is 0 Å². The van der Waals surface area contributed by atoms with Crippen LogP contribution in [0.1, 0.15) is 24.1 Å². The zero-order chi connectivity index (χ0) is 17.9. The fourth-order valence-electron chi connectivity index (χ4n) is 3.54. The molecule has 2 aromatic heterocycles. The molecule has 3 aromatic rings. The number of nitrogens with one attached hydrogen (secondary N) is 1. The summed E-state index contributed by atoms with van der Waals surface area (Å²) in [6.45, 7) is 3.95. The Bertz CT molecular complexity index is 950. The summed E-state index contributed by atoms with van der Waals surface area (Å²) in [4.78, 5) is 11.3. The van der Waals surface area contributed by atoms with Crippen LogP contribution in [-0.4, -0.2) is 29.1 Å². The molecule has 0 amide bonds. The van der Waals surface area contributed by atoms with Gasteiger partial charge in [0, 0.05) is 42.1 Å². The Kier molecular flexibility index (Phi) is 4.40. The van der Waals surface area contributed by atoms with Crippen LogP contribution in [0.3, 0.4) is 0 Å². The summed E-state index contributed by atoms with van der Waals surface area (Å²) in [7, 11) is 0. The maximum absolute atomic E-state index is 8.89. The molecule has 3 heterocycles. The summed E-state index contributed by atoms with van der Waals surface area (Å²) in [6, 6.07) is 16.7. The third-order valence-electron chi connectivity index (χ3n) is 4.90. The topological polar surface area (TPSA) is 64.8 Å². The number of nitrogens with zero attached hydrogens (tertiary/aromatic N) is 4. The van der Waals surface area contributed by atoms with E-state index in [9.17, 15) is 0 Å². The minimum Gasteiger partial charge on any atom is -0.382 e. The Morgan fingerprint density at radius 1 is 1.15 bits per heavy atom. The quantitative estimate of drug-likeness (QED) is 0.781. The number of benzene rings is 1. The van der Waals surface area contributed by atoms with Gasteiger partial charge in [0.2, 0.25) is 0 Å². The minimum absolute atomic E-state index is 0.440. The van der Waals surface area contributed by atoms with Crippen LogP contribution in [-0.2, 0) is 0 Å². The predicted molar refractivity (Wildman–Crippen MR) is 104 cm³/mol. The summed E-state index contributed by atoms with van der Waals surface area (Å²) in [5.41, 5.74) is 3.84. The Hall–Kier alpha value is -3.13. The third kappa shape index (κ3) is 3.31. The lowest BCUT2D eigenvalue weighted by Gasteiger charge is -2.33. The third-order valence-corrected chi connectivity index (χ3v) is 4.90. The molecule has 5 nitrogen and oxygen atoms in total. The summed E-state index contributed by atoms with van der Waals surface area (Å²) in [6.07, 6.45) is 3.75. The average Bonchev–Trinajstić information content (AvgIpc) is 2.68. The van der Waals surface area contributed by atoms with Gasteiger partial charge in [0.1, 0.15) is 11.9 Å².